The number of piperidine rings is 1. The van der Waals surface area contributed by atoms with Crippen LogP contribution >= 0.6 is 23.2 Å². The van der Waals surface area contributed by atoms with Crippen LogP contribution in [0.4, 0.5) is 0 Å². The van der Waals surface area contributed by atoms with E-state index in [0.29, 0.717) is 26.9 Å². The first kappa shape index (κ1) is 23.8. The van der Waals surface area contributed by atoms with Gasteiger partial charge in [0.1, 0.15) is 11.5 Å². The fraction of sp³-hybridized carbons (Fsp3) is 0.379. The lowest BCUT2D eigenvalue weighted by molar-refractivity contribution is 0.0662. The van der Waals surface area contributed by atoms with Gasteiger partial charge in [0.15, 0.2) is 0 Å². The summed E-state index contributed by atoms with van der Waals surface area (Å²) in [6.45, 7) is 2.87. The van der Waals surface area contributed by atoms with Gasteiger partial charge in [-0.1, -0.05) is 52.1 Å². The van der Waals surface area contributed by atoms with Crippen LogP contribution in [0.5, 0.6) is 0 Å². The standard InChI is InChI=1S/C29H28Cl2N2O3/c30-23-5-2-6-24(31)25(23)26-22(27(36-32-26)20-7-8-20)14-19-15-29(16-19)9-11-33(12-10-29)17-18-3-1-4-21(13-18)28(34)35/h1-6,13-14,20H,7-12,15-17H2,(H,34,35). The molecule has 186 valence electrons. The molecular weight excluding hydrogens is 495 g/mol. The summed E-state index contributed by atoms with van der Waals surface area (Å²) in [7, 11) is 0. The van der Waals surface area contributed by atoms with E-state index in [1.165, 1.54) is 5.57 Å². The summed E-state index contributed by atoms with van der Waals surface area (Å²) < 4.78 is 5.83. The fourth-order valence-electron chi connectivity index (χ4n) is 5.81. The lowest BCUT2D eigenvalue weighted by Gasteiger charge is -2.49. The predicted molar refractivity (Wildman–Crippen MR) is 141 cm³/mol. The molecule has 1 aromatic heterocycles. The van der Waals surface area contributed by atoms with Crippen molar-refractivity contribution in [1.82, 2.24) is 10.1 Å². The fourth-order valence-corrected chi connectivity index (χ4v) is 6.39. The molecule has 5 nitrogen and oxygen atoms in total. The number of halogens is 2. The monoisotopic (exact) mass is 522 g/mol. The molecule has 3 aromatic rings. The van der Waals surface area contributed by atoms with Gasteiger partial charge in [-0.25, -0.2) is 4.79 Å². The minimum atomic E-state index is -0.874. The average Bonchev–Trinajstić information content (AvgIpc) is 3.61. The summed E-state index contributed by atoms with van der Waals surface area (Å²) in [6.07, 6.45) is 9.07. The number of carbonyl (C=O) groups is 1. The normalized spacial score (nSPS) is 19.3. The van der Waals surface area contributed by atoms with Crippen LogP contribution in [0.25, 0.3) is 17.3 Å². The minimum absolute atomic E-state index is 0.353. The molecule has 3 fully saturated rings. The molecule has 36 heavy (non-hydrogen) atoms. The molecule has 0 amide bonds. The van der Waals surface area contributed by atoms with Gasteiger partial charge in [0.2, 0.25) is 0 Å². The highest BCUT2D eigenvalue weighted by atomic mass is 35.5. The Morgan fingerprint density at radius 2 is 1.81 bits per heavy atom. The quantitative estimate of drug-likeness (QED) is 0.359. The molecule has 1 saturated heterocycles. The van der Waals surface area contributed by atoms with Crippen LogP contribution in [-0.2, 0) is 6.54 Å². The van der Waals surface area contributed by atoms with Gasteiger partial charge >= 0.3 is 5.97 Å². The summed E-state index contributed by atoms with van der Waals surface area (Å²) in [5.74, 6) is 0.532. The number of nitrogens with zero attached hydrogens (tertiary/aromatic N) is 2. The Bertz CT molecular complexity index is 1320. The molecule has 2 heterocycles. The zero-order valence-electron chi connectivity index (χ0n) is 20.0. The highest BCUT2D eigenvalue weighted by Gasteiger charge is 2.43. The lowest BCUT2D eigenvalue weighted by Crippen LogP contribution is -2.44. The second-order valence-corrected chi connectivity index (χ2v) is 11.4. The smallest absolute Gasteiger partial charge is 0.335 e. The minimum Gasteiger partial charge on any atom is -0.478 e. The largest absolute Gasteiger partial charge is 0.478 e. The first-order chi connectivity index (χ1) is 17.4. The van der Waals surface area contributed by atoms with Crippen molar-refractivity contribution in [1.29, 1.82) is 0 Å². The number of hydrogen-bond acceptors (Lipinski definition) is 4. The summed E-state index contributed by atoms with van der Waals surface area (Å²) in [6, 6.07) is 12.8. The number of likely N-dealkylation sites (tertiary alicyclic amines) is 1. The Morgan fingerprint density at radius 1 is 1.11 bits per heavy atom. The maximum Gasteiger partial charge on any atom is 0.335 e. The molecule has 3 aliphatic rings. The van der Waals surface area contributed by atoms with Crippen molar-refractivity contribution in [3.05, 3.63) is 80.5 Å². The molecule has 1 N–H and O–H groups in total. The van der Waals surface area contributed by atoms with Crippen LogP contribution in [0, 0.1) is 5.41 Å². The first-order valence-electron chi connectivity index (χ1n) is 12.6. The van der Waals surface area contributed by atoms with E-state index in [4.69, 9.17) is 27.7 Å². The zero-order chi connectivity index (χ0) is 24.9. The molecule has 2 saturated carbocycles. The van der Waals surface area contributed by atoms with Crippen molar-refractivity contribution in [2.45, 2.75) is 51.0 Å². The molecule has 0 atom stereocenters. The van der Waals surface area contributed by atoms with Gasteiger partial charge in [-0.3, -0.25) is 4.90 Å². The maximum absolute atomic E-state index is 11.3. The Labute approximate surface area is 220 Å². The molecule has 1 aliphatic heterocycles. The number of carboxylic acid groups (broad SMARTS) is 1. The van der Waals surface area contributed by atoms with E-state index in [9.17, 15) is 9.90 Å². The van der Waals surface area contributed by atoms with Crippen LogP contribution < -0.4 is 0 Å². The number of carboxylic acids is 1. The van der Waals surface area contributed by atoms with Gasteiger partial charge in [0.25, 0.3) is 0 Å². The third kappa shape index (κ3) is 4.60. The highest BCUT2D eigenvalue weighted by Crippen LogP contribution is 2.54. The van der Waals surface area contributed by atoms with Gasteiger partial charge in [-0.2, -0.15) is 0 Å². The van der Waals surface area contributed by atoms with Crippen LogP contribution in [0.15, 0.2) is 52.6 Å². The predicted octanol–water partition coefficient (Wildman–Crippen LogP) is 7.68. The third-order valence-electron chi connectivity index (χ3n) is 7.95. The van der Waals surface area contributed by atoms with E-state index in [0.717, 1.165) is 86.3 Å². The van der Waals surface area contributed by atoms with E-state index >= 15 is 0 Å². The number of aromatic carboxylic acids is 1. The Morgan fingerprint density at radius 3 is 2.47 bits per heavy atom. The van der Waals surface area contributed by atoms with Crippen LogP contribution in [-0.4, -0.2) is 34.2 Å². The van der Waals surface area contributed by atoms with Gasteiger partial charge in [0, 0.05) is 23.6 Å². The van der Waals surface area contributed by atoms with E-state index in [2.05, 4.69) is 16.1 Å². The van der Waals surface area contributed by atoms with Crippen molar-refractivity contribution in [2.75, 3.05) is 13.1 Å². The Kier molecular flexibility index (Phi) is 6.19. The topological polar surface area (TPSA) is 66.6 Å². The number of hydrogen-bond donors (Lipinski definition) is 1. The third-order valence-corrected chi connectivity index (χ3v) is 8.58. The van der Waals surface area contributed by atoms with E-state index in [1.807, 2.05) is 30.3 Å². The highest BCUT2D eigenvalue weighted by molar-refractivity contribution is 6.39. The molecule has 2 aliphatic carbocycles. The molecule has 7 heteroatoms. The van der Waals surface area contributed by atoms with Crippen molar-refractivity contribution in [2.24, 2.45) is 5.41 Å². The summed E-state index contributed by atoms with van der Waals surface area (Å²) >= 11 is 13.0. The summed E-state index contributed by atoms with van der Waals surface area (Å²) in [5, 5.41) is 14.9. The van der Waals surface area contributed by atoms with Crippen molar-refractivity contribution >= 4 is 35.2 Å². The van der Waals surface area contributed by atoms with Crippen molar-refractivity contribution < 1.29 is 14.4 Å². The van der Waals surface area contributed by atoms with Gasteiger partial charge in [-0.15, -0.1) is 0 Å². The van der Waals surface area contributed by atoms with Crippen molar-refractivity contribution in [3.63, 3.8) is 0 Å². The van der Waals surface area contributed by atoms with Crippen LogP contribution in [0.3, 0.4) is 0 Å². The number of benzene rings is 2. The lowest BCUT2D eigenvalue weighted by atomic mass is 9.60. The molecule has 0 unspecified atom stereocenters. The first-order valence-corrected chi connectivity index (χ1v) is 13.3. The summed E-state index contributed by atoms with van der Waals surface area (Å²) in [4.78, 5) is 13.7. The van der Waals surface area contributed by atoms with E-state index in [1.54, 1.807) is 12.1 Å². The second kappa shape index (κ2) is 9.37. The van der Waals surface area contributed by atoms with Crippen molar-refractivity contribution in [3.8, 4) is 11.3 Å². The van der Waals surface area contributed by atoms with Crippen LogP contribution in [0.1, 0.15) is 71.7 Å². The van der Waals surface area contributed by atoms with E-state index in [-0.39, 0.29) is 0 Å². The van der Waals surface area contributed by atoms with Crippen LogP contribution in [0.2, 0.25) is 10.0 Å². The molecule has 1 spiro atoms. The molecule has 0 bridgehead atoms. The number of aromatic nitrogens is 1. The molecular formula is C29H28Cl2N2O3. The number of allylic oxidation sites excluding steroid dienone is 1. The Balaban J connectivity index is 1.15. The van der Waals surface area contributed by atoms with Gasteiger partial charge in [-0.05, 0) is 92.9 Å². The summed E-state index contributed by atoms with van der Waals surface area (Å²) in [5.41, 5.74) is 5.76. The average molecular weight is 523 g/mol. The van der Waals surface area contributed by atoms with Gasteiger partial charge in [0.05, 0.1) is 15.6 Å². The maximum atomic E-state index is 11.3. The SMILES string of the molecule is O=C(O)c1cccc(CN2CCC3(CC2)CC(=Cc2c(-c4c(Cl)cccc4Cl)noc2C2CC2)C3)c1. The molecule has 6 rings (SSSR count). The zero-order valence-corrected chi connectivity index (χ0v) is 21.5. The second-order valence-electron chi connectivity index (χ2n) is 10.6. The van der Waals surface area contributed by atoms with E-state index < -0.39 is 5.97 Å². The number of rotatable bonds is 6. The molecule has 2 aromatic carbocycles. The molecule has 0 radical (unpaired) electrons. The van der Waals surface area contributed by atoms with Gasteiger partial charge < -0.3 is 9.63 Å². The Hall–Kier alpha value is -2.60.